The molecule has 9 heteroatoms. The van der Waals surface area contributed by atoms with E-state index in [-0.39, 0.29) is 40.6 Å². The highest BCUT2D eigenvalue weighted by Crippen LogP contribution is 2.48. The van der Waals surface area contributed by atoms with Crippen molar-refractivity contribution < 1.29 is 14.0 Å². The molecule has 0 spiro atoms. The number of anilines is 1. The van der Waals surface area contributed by atoms with Gasteiger partial charge in [0.15, 0.2) is 0 Å². The number of benzene rings is 2. The van der Waals surface area contributed by atoms with Gasteiger partial charge >= 0.3 is 0 Å². The van der Waals surface area contributed by atoms with Gasteiger partial charge in [-0.15, -0.1) is 11.8 Å². The number of nitrogens with one attached hydrogen (secondary N) is 1. The largest absolute Gasteiger partial charge is 0.350 e. The van der Waals surface area contributed by atoms with Gasteiger partial charge in [0.2, 0.25) is 11.8 Å². The molecule has 4 aromatic rings. The van der Waals surface area contributed by atoms with E-state index >= 15 is 0 Å². The first-order valence-corrected chi connectivity index (χ1v) is 14.6. The van der Waals surface area contributed by atoms with E-state index in [1.807, 2.05) is 48.9 Å². The third-order valence-corrected chi connectivity index (χ3v) is 8.55. The lowest BCUT2D eigenvalue weighted by atomic mass is 9.87. The Kier molecular flexibility index (Phi) is 8.00. The summed E-state index contributed by atoms with van der Waals surface area (Å²) in [6.45, 7) is 10.5. The minimum absolute atomic E-state index is 0.156. The normalized spacial score (nSPS) is 15.4. The standard InChI is InChI=1S/C32H34FN5O2S/c1-20-8-6-10-25(21(20)2)38-31-28(30(36-38)32(3,4)5)29(23-11-13-24(33)14-12-23)41-19-27(40)37(31)18-26(39)35-17-22-9-7-15-34-16-22/h6-16,29H,17-19H2,1-5H3,(H,35,39)/t29-/m1/s1. The van der Waals surface area contributed by atoms with Crippen LogP contribution < -0.4 is 10.2 Å². The van der Waals surface area contributed by atoms with Gasteiger partial charge in [-0.2, -0.15) is 5.10 Å². The summed E-state index contributed by atoms with van der Waals surface area (Å²) in [6, 6.07) is 16.1. The van der Waals surface area contributed by atoms with Gasteiger partial charge in [0.25, 0.3) is 0 Å². The van der Waals surface area contributed by atoms with Gasteiger partial charge in [-0.1, -0.05) is 51.1 Å². The van der Waals surface area contributed by atoms with Gasteiger partial charge in [0.05, 0.1) is 22.4 Å². The molecule has 1 aliphatic heterocycles. The molecule has 0 radical (unpaired) electrons. The van der Waals surface area contributed by atoms with Crippen LogP contribution in [0.1, 0.15) is 59.5 Å². The molecule has 212 valence electrons. The zero-order chi connectivity index (χ0) is 29.3. The van der Waals surface area contributed by atoms with Gasteiger partial charge in [-0.3, -0.25) is 19.5 Å². The van der Waals surface area contributed by atoms with Crippen molar-refractivity contribution >= 4 is 29.4 Å². The van der Waals surface area contributed by atoms with Crippen LogP contribution in [0.25, 0.3) is 5.69 Å². The van der Waals surface area contributed by atoms with Crippen molar-refractivity contribution in [3.05, 3.63) is 106 Å². The number of thioether (sulfide) groups is 1. The number of aromatic nitrogens is 3. The average Bonchev–Trinajstić information content (AvgIpc) is 3.28. The maximum atomic E-state index is 13.9. The van der Waals surface area contributed by atoms with Crippen LogP contribution in [0.4, 0.5) is 10.2 Å². The summed E-state index contributed by atoms with van der Waals surface area (Å²) in [5.41, 5.74) is 6.01. The fraction of sp³-hybridized carbons (Fsp3) is 0.312. The van der Waals surface area contributed by atoms with Crippen LogP contribution in [0.5, 0.6) is 0 Å². The van der Waals surface area contributed by atoms with Crippen molar-refractivity contribution in [1.29, 1.82) is 0 Å². The fourth-order valence-corrected chi connectivity index (χ4v) is 6.21. The molecule has 1 atom stereocenters. The van der Waals surface area contributed by atoms with Crippen molar-refractivity contribution in [1.82, 2.24) is 20.1 Å². The number of carbonyl (C=O) groups is 2. The molecule has 1 N–H and O–H groups in total. The van der Waals surface area contributed by atoms with E-state index in [4.69, 9.17) is 5.10 Å². The number of pyridine rings is 1. The second-order valence-electron chi connectivity index (χ2n) is 11.3. The average molecular weight is 572 g/mol. The van der Waals surface area contributed by atoms with Gasteiger partial charge in [0, 0.05) is 29.9 Å². The topological polar surface area (TPSA) is 80.1 Å². The Morgan fingerprint density at radius 3 is 2.54 bits per heavy atom. The van der Waals surface area contributed by atoms with E-state index in [2.05, 4.69) is 31.1 Å². The number of carbonyl (C=O) groups excluding carboxylic acids is 2. The lowest BCUT2D eigenvalue weighted by Gasteiger charge is -2.25. The minimum atomic E-state index is -0.381. The van der Waals surface area contributed by atoms with Crippen molar-refractivity contribution in [3.63, 3.8) is 0 Å². The number of hydrogen-bond acceptors (Lipinski definition) is 5. The zero-order valence-corrected chi connectivity index (χ0v) is 24.8. The number of hydrogen-bond donors (Lipinski definition) is 1. The molecule has 0 aliphatic carbocycles. The summed E-state index contributed by atoms with van der Waals surface area (Å²) in [5.74, 6) is -0.0703. The predicted molar refractivity (Wildman–Crippen MR) is 161 cm³/mol. The number of rotatable bonds is 6. The fourth-order valence-electron chi connectivity index (χ4n) is 5.01. The number of aryl methyl sites for hydroxylation is 1. The first-order chi connectivity index (χ1) is 19.5. The van der Waals surface area contributed by atoms with E-state index in [1.54, 1.807) is 29.4 Å². The summed E-state index contributed by atoms with van der Waals surface area (Å²) in [5, 5.41) is 7.80. The highest BCUT2D eigenvalue weighted by molar-refractivity contribution is 8.00. The molecule has 2 aromatic carbocycles. The molecule has 0 bridgehead atoms. The van der Waals surface area contributed by atoms with Crippen molar-refractivity contribution in [2.75, 3.05) is 17.2 Å². The molecule has 2 amide bonds. The smallest absolute Gasteiger partial charge is 0.240 e. The second kappa shape index (κ2) is 11.5. The Bertz CT molecular complexity index is 1580. The molecular weight excluding hydrogens is 537 g/mol. The summed E-state index contributed by atoms with van der Waals surface area (Å²) in [6.07, 6.45) is 3.38. The molecule has 41 heavy (non-hydrogen) atoms. The SMILES string of the molecule is Cc1cccc(-n2nc(C(C)(C)C)c3c2N(CC(=O)NCc2cccnc2)C(=O)CS[C@@H]3c2ccc(F)cc2)c1C. The zero-order valence-electron chi connectivity index (χ0n) is 23.9. The quantitative estimate of drug-likeness (QED) is 0.316. The highest BCUT2D eigenvalue weighted by atomic mass is 32.2. The molecular formula is C32H34FN5O2S. The van der Waals surface area contributed by atoms with Crippen LogP contribution >= 0.6 is 11.8 Å². The van der Waals surface area contributed by atoms with Crippen LogP contribution in [-0.2, 0) is 21.5 Å². The molecule has 7 nitrogen and oxygen atoms in total. The Balaban J connectivity index is 1.68. The third kappa shape index (κ3) is 5.91. The minimum Gasteiger partial charge on any atom is -0.350 e. The van der Waals surface area contributed by atoms with E-state index in [1.165, 1.54) is 23.9 Å². The van der Waals surface area contributed by atoms with E-state index in [0.29, 0.717) is 12.4 Å². The highest BCUT2D eigenvalue weighted by Gasteiger charge is 2.40. The van der Waals surface area contributed by atoms with Gasteiger partial charge in [-0.05, 0) is 60.4 Å². The Morgan fingerprint density at radius 1 is 1.10 bits per heavy atom. The predicted octanol–water partition coefficient (Wildman–Crippen LogP) is 5.81. The number of nitrogens with zero attached hydrogens (tertiary/aromatic N) is 4. The van der Waals surface area contributed by atoms with Gasteiger partial charge in [0.1, 0.15) is 18.2 Å². The van der Waals surface area contributed by atoms with E-state index in [0.717, 1.165) is 39.2 Å². The number of halogens is 1. The lowest BCUT2D eigenvalue weighted by Crippen LogP contribution is -2.42. The van der Waals surface area contributed by atoms with Crippen molar-refractivity contribution in [2.24, 2.45) is 0 Å². The third-order valence-electron chi connectivity index (χ3n) is 7.29. The summed E-state index contributed by atoms with van der Waals surface area (Å²) in [7, 11) is 0. The maximum absolute atomic E-state index is 13.9. The molecule has 3 heterocycles. The molecule has 1 aliphatic rings. The van der Waals surface area contributed by atoms with Crippen LogP contribution in [0, 0.1) is 19.7 Å². The Labute approximate surface area is 244 Å². The molecule has 0 saturated heterocycles. The van der Waals surface area contributed by atoms with Gasteiger partial charge < -0.3 is 5.32 Å². The lowest BCUT2D eigenvalue weighted by molar-refractivity contribution is -0.123. The van der Waals surface area contributed by atoms with E-state index in [9.17, 15) is 14.0 Å². The first-order valence-electron chi connectivity index (χ1n) is 13.6. The van der Waals surface area contributed by atoms with Crippen LogP contribution in [0.2, 0.25) is 0 Å². The van der Waals surface area contributed by atoms with Crippen molar-refractivity contribution in [2.45, 2.75) is 51.8 Å². The summed E-state index contributed by atoms with van der Waals surface area (Å²) >= 11 is 1.47. The Hall–Kier alpha value is -3.98. The molecule has 2 aromatic heterocycles. The van der Waals surface area contributed by atoms with Gasteiger partial charge in [-0.25, -0.2) is 9.07 Å². The van der Waals surface area contributed by atoms with Crippen LogP contribution in [-0.4, -0.2) is 38.9 Å². The van der Waals surface area contributed by atoms with Crippen molar-refractivity contribution in [3.8, 4) is 5.69 Å². The number of amides is 2. The molecule has 5 rings (SSSR count). The molecule has 0 fully saturated rings. The summed E-state index contributed by atoms with van der Waals surface area (Å²) < 4.78 is 15.8. The summed E-state index contributed by atoms with van der Waals surface area (Å²) in [4.78, 5) is 32.8. The monoisotopic (exact) mass is 571 g/mol. The second-order valence-corrected chi connectivity index (χ2v) is 12.4. The molecule has 0 unspecified atom stereocenters. The Morgan fingerprint density at radius 2 is 1.85 bits per heavy atom. The van der Waals surface area contributed by atoms with Crippen LogP contribution in [0.15, 0.2) is 67.0 Å². The maximum Gasteiger partial charge on any atom is 0.240 e. The molecule has 0 saturated carbocycles. The van der Waals surface area contributed by atoms with Crippen LogP contribution in [0.3, 0.4) is 0 Å². The first kappa shape index (κ1) is 28.5. The number of fused-ring (bicyclic) bond motifs is 1. The van der Waals surface area contributed by atoms with E-state index < -0.39 is 0 Å².